The summed E-state index contributed by atoms with van der Waals surface area (Å²) in [5.41, 5.74) is 3.11. The van der Waals surface area contributed by atoms with E-state index in [4.69, 9.17) is 4.74 Å². The van der Waals surface area contributed by atoms with Crippen LogP contribution < -0.4 is 4.74 Å². The third kappa shape index (κ3) is 2.11. The highest BCUT2D eigenvalue weighted by Crippen LogP contribution is 2.10. The fourth-order valence-electron chi connectivity index (χ4n) is 0.735. The van der Waals surface area contributed by atoms with Crippen molar-refractivity contribution >= 4 is 6.29 Å². The molecule has 0 aliphatic rings. The molecule has 0 amide bonds. The van der Waals surface area contributed by atoms with Gasteiger partial charge in [0, 0.05) is 5.56 Å². The minimum absolute atomic E-state index is 0.630. The third-order valence-electron chi connectivity index (χ3n) is 1.29. The Morgan fingerprint density at radius 2 is 2.00 bits per heavy atom. The SMILES string of the molecule is C=C=COc1ccc(C=O)cc1. The average Bonchev–Trinajstić information content (AvgIpc) is 2.15. The zero-order valence-electron chi connectivity index (χ0n) is 6.49. The van der Waals surface area contributed by atoms with Gasteiger partial charge in [-0.3, -0.25) is 4.79 Å². The standard InChI is InChI=1S/C10H8O2/c1-2-7-12-10-5-3-9(8-11)4-6-10/h3-8H,1H2. The summed E-state index contributed by atoms with van der Waals surface area (Å²) < 4.78 is 5.04. The molecule has 60 valence electrons. The lowest BCUT2D eigenvalue weighted by Gasteiger charge is -1.97. The molecule has 0 aromatic heterocycles. The maximum absolute atomic E-state index is 10.3. The first-order valence-corrected chi connectivity index (χ1v) is 3.43. The Hall–Kier alpha value is -1.79. The molecule has 0 fully saturated rings. The van der Waals surface area contributed by atoms with Gasteiger partial charge in [-0.1, -0.05) is 12.3 Å². The fourth-order valence-corrected chi connectivity index (χ4v) is 0.735. The first kappa shape index (κ1) is 8.31. The number of carbonyl (C=O) groups is 1. The van der Waals surface area contributed by atoms with Crippen LogP contribution in [0.5, 0.6) is 5.75 Å². The lowest BCUT2D eigenvalue weighted by atomic mass is 10.2. The Morgan fingerprint density at radius 3 is 2.50 bits per heavy atom. The molecule has 0 heterocycles. The van der Waals surface area contributed by atoms with E-state index >= 15 is 0 Å². The maximum atomic E-state index is 10.3. The molecule has 0 radical (unpaired) electrons. The van der Waals surface area contributed by atoms with Crippen molar-refractivity contribution in [3.8, 4) is 5.75 Å². The largest absolute Gasteiger partial charge is 0.457 e. The molecule has 0 bridgehead atoms. The Labute approximate surface area is 70.8 Å². The number of hydrogen-bond donors (Lipinski definition) is 0. The molecule has 1 rings (SSSR count). The normalized spacial score (nSPS) is 8.33. The molecular weight excluding hydrogens is 152 g/mol. The molecule has 1 aromatic carbocycles. The van der Waals surface area contributed by atoms with Gasteiger partial charge >= 0.3 is 0 Å². The van der Waals surface area contributed by atoms with Crippen molar-refractivity contribution in [3.05, 3.63) is 48.4 Å². The van der Waals surface area contributed by atoms with E-state index in [-0.39, 0.29) is 0 Å². The van der Waals surface area contributed by atoms with Crippen molar-refractivity contribution in [2.45, 2.75) is 0 Å². The number of rotatable bonds is 3. The zero-order valence-corrected chi connectivity index (χ0v) is 6.49. The van der Waals surface area contributed by atoms with Gasteiger partial charge in [0.2, 0.25) is 0 Å². The summed E-state index contributed by atoms with van der Waals surface area (Å²) in [5, 5.41) is 0. The Bertz CT molecular complexity index is 305. The summed E-state index contributed by atoms with van der Waals surface area (Å²) in [5.74, 6) is 0.664. The van der Waals surface area contributed by atoms with Crippen LogP contribution in [0.15, 0.2) is 42.8 Å². The summed E-state index contributed by atoms with van der Waals surface area (Å²) in [4.78, 5) is 10.3. The predicted octanol–water partition coefficient (Wildman–Crippen LogP) is 2.18. The van der Waals surface area contributed by atoms with Crippen LogP contribution in [0.2, 0.25) is 0 Å². The summed E-state index contributed by atoms with van der Waals surface area (Å²) in [6, 6.07) is 6.77. The fraction of sp³-hybridized carbons (Fsp3) is 0. The van der Waals surface area contributed by atoms with Gasteiger partial charge in [0.05, 0.1) is 0 Å². The minimum Gasteiger partial charge on any atom is -0.457 e. The highest BCUT2D eigenvalue weighted by molar-refractivity contribution is 5.74. The number of hydrogen-bond acceptors (Lipinski definition) is 2. The third-order valence-corrected chi connectivity index (χ3v) is 1.29. The quantitative estimate of drug-likeness (QED) is 0.385. The van der Waals surface area contributed by atoms with Crippen molar-refractivity contribution in [1.82, 2.24) is 0 Å². The van der Waals surface area contributed by atoms with Crippen molar-refractivity contribution < 1.29 is 9.53 Å². The summed E-state index contributed by atoms with van der Waals surface area (Å²) >= 11 is 0. The summed E-state index contributed by atoms with van der Waals surface area (Å²) in [6.45, 7) is 3.35. The molecular formula is C10H8O2. The Kier molecular flexibility index (Phi) is 2.88. The van der Waals surface area contributed by atoms with Gasteiger partial charge in [0.15, 0.2) is 0 Å². The van der Waals surface area contributed by atoms with E-state index in [1.807, 2.05) is 0 Å². The second-order valence-corrected chi connectivity index (χ2v) is 2.13. The average molecular weight is 160 g/mol. The molecule has 0 saturated carbocycles. The van der Waals surface area contributed by atoms with Crippen molar-refractivity contribution in [2.24, 2.45) is 0 Å². The molecule has 0 spiro atoms. The second-order valence-electron chi connectivity index (χ2n) is 2.13. The van der Waals surface area contributed by atoms with Crippen LogP contribution in [-0.2, 0) is 0 Å². The summed E-state index contributed by atoms with van der Waals surface area (Å²) in [6.07, 6.45) is 2.14. The van der Waals surface area contributed by atoms with E-state index in [1.54, 1.807) is 24.3 Å². The van der Waals surface area contributed by atoms with Gasteiger partial charge in [-0.05, 0) is 24.3 Å². The van der Waals surface area contributed by atoms with Gasteiger partial charge in [0.1, 0.15) is 18.3 Å². The Balaban J connectivity index is 2.77. The van der Waals surface area contributed by atoms with Gasteiger partial charge in [-0.2, -0.15) is 0 Å². The van der Waals surface area contributed by atoms with Crippen molar-refractivity contribution in [1.29, 1.82) is 0 Å². The first-order valence-electron chi connectivity index (χ1n) is 3.43. The minimum atomic E-state index is 0.630. The number of aldehydes is 1. The Morgan fingerprint density at radius 1 is 1.33 bits per heavy atom. The molecule has 0 atom stereocenters. The second kappa shape index (κ2) is 4.16. The van der Waals surface area contributed by atoms with Crippen LogP contribution in [0.3, 0.4) is 0 Å². The number of benzene rings is 1. The first-order chi connectivity index (χ1) is 5.86. The topological polar surface area (TPSA) is 26.3 Å². The highest BCUT2D eigenvalue weighted by Gasteiger charge is 1.90. The molecule has 2 nitrogen and oxygen atoms in total. The van der Waals surface area contributed by atoms with E-state index < -0.39 is 0 Å². The molecule has 0 aliphatic heterocycles. The highest BCUT2D eigenvalue weighted by atomic mass is 16.5. The molecule has 0 saturated heterocycles. The van der Waals surface area contributed by atoms with Gasteiger partial charge in [-0.25, -0.2) is 0 Å². The van der Waals surface area contributed by atoms with Crippen LogP contribution in [0.1, 0.15) is 10.4 Å². The molecule has 0 aliphatic carbocycles. The van der Waals surface area contributed by atoms with E-state index in [0.29, 0.717) is 11.3 Å². The van der Waals surface area contributed by atoms with Crippen LogP contribution in [0, 0.1) is 0 Å². The van der Waals surface area contributed by atoms with Crippen LogP contribution in [0.4, 0.5) is 0 Å². The lowest BCUT2D eigenvalue weighted by molar-refractivity contribution is 0.112. The van der Waals surface area contributed by atoms with E-state index in [2.05, 4.69) is 12.3 Å². The van der Waals surface area contributed by atoms with Crippen LogP contribution in [-0.4, -0.2) is 6.29 Å². The van der Waals surface area contributed by atoms with Crippen LogP contribution in [0.25, 0.3) is 0 Å². The van der Waals surface area contributed by atoms with Gasteiger partial charge < -0.3 is 4.74 Å². The van der Waals surface area contributed by atoms with E-state index in [0.717, 1.165) is 6.29 Å². The molecule has 12 heavy (non-hydrogen) atoms. The van der Waals surface area contributed by atoms with E-state index in [1.165, 1.54) is 6.26 Å². The van der Waals surface area contributed by atoms with Crippen LogP contribution >= 0.6 is 0 Å². The molecule has 2 heteroatoms. The zero-order chi connectivity index (χ0) is 8.81. The lowest BCUT2D eigenvalue weighted by Crippen LogP contribution is -1.82. The maximum Gasteiger partial charge on any atom is 0.150 e. The monoisotopic (exact) mass is 160 g/mol. The van der Waals surface area contributed by atoms with Crippen molar-refractivity contribution in [2.75, 3.05) is 0 Å². The van der Waals surface area contributed by atoms with Crippen molar-refractivity contribution in [3.63, 3.8) is 0 Å². The predicted molar refractivity (Wildman–Crippen MR) is 46.2 cm³/mol. The smallest absolute Gasteiger partial charge is 0.150 e. The number of carbonyl (C=O) groups excluding carboxylic acids is 1. The number of ether oxygens (including phenoxy) is 1. The van der Waals surface area contributed by atoms with Gasteiger partial charge in [-0.15, -0.1) is 0 Å². The molecule has 0 unspecified atom stereocenters. The molecule has 0 N–H and O–H groups in total. The van der Waals surface area contributed by atoms with Gasteiger partial charge in [0.25, 0.3) is 0 Å². The molecule has 1 aromatic rings. The van der Waals surface area contributed by atoms with E-state index in [9.17, 15) is 4.79 Å². The summed E-state index contributed by atoms with van der Waals surface area (Å²) in [7, 11) is 0.